The van der Waals surface area contributed by atoms with E-state index in [-0.39, 0.29) is 0 Å². The first kappa shape index (κ1) is 30.0. The zero-order valence-corrected chi connectivity index (χ0v) is 28.4. The first-order chi connectivity index (χ1) is 25.8. The maximum Gasteiger partial charge on any atom is 0.136 e. The first-order valence-corrected chi connectivity index (χ1v) is 17.8. The molecule has 1 aromatic heterocycles. The molecule has 0 fully saturated rings. The van der Waals surface area contributed by atoms with Gasteiger partial charge in [-0.3, -0.25) is 0 Å². The lowest BCUT2D eigenvalue weighted by Crippen LogP contribution is -2.11. The van der Waals surface area contributed by atoms with Gasteiger partial charge in [-0.25, -0.2) is 0 Å². The Bertz CT molecular complexity index is 2890. The lowest BCUT2D eigenvalue weighted by molar-refractivity contribution is 0.669. The van der Waals surface area contributed by atoms with Crippen molar-refractivity contribution in [3.63, 3.8) is 0 Å². The number of anilines is 3. The van der Waals surface area contributed by atoms with E-state index in [1.54, 1.807) is 0 Å². The zero-order valence-electron chi connectivity index (χ0n) is 28.4. The molecule has 0 bridgehead atoms. The molecule has 244 valence electrons. The van der Waals surface area contributed by atoms with E-state index >= 15 is 0 Å². The fourth-order valence-corrected chi connectivity index (χ4v) is 7.77. The third kappa shape index (κ3) is 5.12. The van der Waals surface area contributed by atoms with Gasteiger partial charge in [-0.05, 0) is 97.9 Å². The number of hydrogen-bond acceptors (Lipinski definition) is 2. The van der Waals surface area contributed by atoms with Crippen LogP contribution in [0.5, 0.6) is 0 Å². The lowest BCUT2D eigenvalue weighted by atomic mass is 9.95. The molecular weight excluding hydrogens is 631 g/mol. The van der Waals surface area contributed by atoms with Gasteiger partial charge in [0, 0.05) is 27.7 Å². The first-order valence-electron chi connectivity index (χ1n) is 17.8. The fourth-order valence-electron chi connectivity index (χ4n) is 7.77. The van der Waals surface area contributed by atoms with E-state index < -0.39 is 0 Å². The van der Waals surface area contributed by atoms with Crippen molar-refractivity contribution in [3.8, 4) is 33.4 Å². The van der Waals surface area contributed by atoms with Crippen molar-refractivity contribution in [2.24, 2.45) is 0 Å². The summed E-state index contributed by atoms with van der Waals surface area (Å²) in [5, 5.41) is 7.17. The Kier molecular flexibility index (Phi) is 7.18. The summed E-state index contributed by atoms with van der Waals surface area (Å²) >= 11 is 0. The van der Waals surface area contributed by atoms with Crippen molar-refractivity contribution in [3.05, 3.63) is 200 Å². The fraction of sp³-hybridized carbons (Fsp3) is 0. The Morgan fingerprint density at radius 3 is 1.77 bits per heavy atom. The average molecular weight is 664 g/mol. The van der Waals surface area contributed by atoms with Crippen LogP contribution in [0.3, 0.4) is 0 Å². The standard InChI is InChI=1S/C50H33NO/c1-3-13-35(14-4-1)43-19-9-11-21-47(43)51(41-32-38-17-7-8-18-42(38)46(33-41)36-15-5-2-6-16-36)40-27-23-34(24-28-40)37-25-29-44-39(31-37)26-30-49-50(44)45-20-10-12-22-48(45)52-49/h1-33H. The van der Waals surface area contributed by atoms with Gasteiger partial charge in [-0.1, -0.05) is 152 Å². The van der Waals surface area contributed by atoms with Gasteiger partial charge in [0.1, 0.15) is 11.2 Å². The highest BCUT2D eigenvalue weighted by Gasteiger charge is 2.20. The van der Waals surface area contributed by atoms with Crippen LogP contribution in [-0.4, -0.2) is 0 Å². The van der Waals surface area contributed by atoms with Crippen molar-refractivity contribution >= 4 is 60.5 Å². The molecule has 0 aliphatic heterocycles. The second-order valence-corrected chi connectivity index (χ2v) is 13.3. The van der Waals surface area contributed by atoms with Crippen molar-refractivity contribution in [2.45, 2.75) is 0 Å². The summed E-state index contributed by atoms with van der Waals surface area (Å²) in [6, 6.07) is 71.8. The molecule has 0 aliphatic carbocycles. The van der Waals surface area contributed by atoms with Crippen LogP contribution in [0.2, 0.25) is 0 Å². The highest BCUT2D eigenvalue weighted by Crippen LogP contribution is 2.44. The van der Waals surface area contributed by atoms with Crippen molar-refractivity contribution in [2.75, 3.05) is 4.90 Å². The summed E-state index contributed by atoms with van der Waals surface area (Å²) in [7, 11) is 0. The van der Waals surface area contributed by atoms with Crippen LogP contribution >= 0.6 is 0 Å². The number of fused-ring (bicyclic) bond motifs is 6. The topological polar surface area (TPSA) is 16.4 Å². The van der Waals surface area contributed by atoms with Crippen LogP contribution in [0.1, 0.15) is 0 Å². The van der Waals surface area contributed by atoms with Crippen LogP contribution in [0, 0.1) is 0 Å². The molecule has 0 radical (unpaired) electrons. The van der Waals surface area contributed by atoms with E-state index in [0.717, 1.165) is 33.6 Å². The second-order valence-electron chi connectivity index (χ2n) is 13.3. The van der Waals surface area contributed by atoms with Gasteiger partial charge in [-0.2, -0.15) is 0 Å². The molecule has 10 rings (SSSR count). The van der Waals surface area contributed by atoms with E-state index in [9.17, 15) is 0 Å². The van der Waals surface area contributed by atoms with Crippen LogP contribution in [-0.2, 0) is 0 Å². The summed E-state index contributed by atoms with van der Waals surface area (Å²) in [6.07, 6.45) is 0. The van der Waals surface area contributed by atoms with Gasteiger partial charge in [-0.15, -0.1) is 0 Å². The highest BCUT2D eigenvalue weighted by atomic mass is 16.3. The molecule has 0 saturated heterocycles. The van der Waals surface area contributed by atoms with Gasteiger partial charge < -0.3 is 9.32 Å². The molecule has 2 nitrogen and oxygen atoms in total. The number of nitrogens with zero attached hydrogens (tertiary/aromatic N) is 1. The quantitative estimate of drug-likeness (QED) is 0.176. The zero-order chi connectivity index (χ0) is 34.4. The monoisotopic (exact) mass is 663 g/mol. The molecule has 0 unspecified atom stereocenters. The number of furan rings is 1. The van der Waals surface area contributed by atoms with Crippen LogP contribution in [0.25, 0.3) is 76.9 Å². The van der Waals surface area contributed by atoms with Crippen molar-refractivity contribution in [1.29, 1.82) is 0 Å². The summed E-state index contributed by atoms with van der Waals surface area (Å²) in [5.41, 5.74) is 12.3. The third-order valence-corrected chi connectivity index (χ3v) is 10.2. The predicted molar refractivity (Wildman–Crippen MR) is 220 cm³/mol. The smallest absolute Gasteiger partial charge is 0.136 e. The minimum Gasteiger partial charge on any atom is -0.456 e. The third-order valence-electron chi connectivity index (χ3n) is 10.2. The Hall–Kier alpha value is -6.90. The second kappa shape index (κ2) is 12.5. The predicted octanol–water partition coefficient (Wildman–Crippen LogP) is 14.4. The maximum absolute atomic E-state index is 6.17. The summed E-state index contributed by atoms with van der Waals surface area (Å²) in [4.78, 5) is 2.41. The Labute approximate surface area is 302 Å². The van der Waals surface area contributed by atoms with Gasteiger partial charge in [0.2, 0.25) is 0 Å². The molecule has 0 aliphatic rings. The SMILES string of the molecule is c1ccc(-c2ccccc2N(c2ccc(-c3ccc4c(ccc5oc6ccccc6c54)c3)cc2)c2cc(-c3ccccc3)c3ccccc3c2)cc1. The van der Waals surface area contributed by atoms with E-state index in [0.29, 0.717) is 0 Å². The maximum atomic E-state index is 6.17. The normalized spacial score (nSPS) is 11.5. The van der Waals surface area contributed by atoms with Crippen LogP contribution < -0.4 is 4.90 Å². The van der Waals surface area contributed by atoms with E-state index in [1.165, 1.54) is 60.3 Å². The minimum atomic E-state index is 0.922. The van der Waals surface area contributed by atoms with Crippen molar-refractivity contribution < 1.29 is 4.42 Å². The molecule has 0 atom stereocenters. The van der Waals surface area contributed by atoms with Crippen molar-refractivity contribution in [1.82, 2.24) is 0 Å². The Morgan fingerprint density at radius 1 is 0.327 bits per heavy atom. The van der Waals surface area contributed by atoms with Gasteiger partial charge >= 0.3 is 0 Å². The lowest BCUT2D eigenvalue weighted by Gasteiger charge is -2.29. The molecule has 52 heavy (non-hydrogen) atoms. The number of hydrogen-bond donors (Lipinski definition) is 0. The summed E-state index contributed by atoms with van der Waals surface area (Å²) in [5.74, 6) is 0. The number of rotatable bonds is 6. The highest BCUT2D eigenvalue weighted by molar-refractivity contribution is 6.19. The van der Waals surface area contributed by atoms with E-state index in [1.807, 2.05) is 12.1 Å². The largest absolute Gasteiger partial charge is 0.456 e. The molecule has 0 spiro atoms. The molecule has 1 heterocycles. The van der Waals surface area contributed by atoms with Crippen LogP contribution in [0.4, 0.5) is 17.1 Å². The Balaban J connectivity index is 1.13. The Morgan fingerprint density at radius 2 is 0.962 bits per heavy atom. The molecule has 0 amide bonds. The molecule has 0 N–H and O–H groups in total. The number of benzene rings is 9. The molecule has 9 aromatic carbocycles. The van der Waals surface area contributed by atoms with Gasteiger partial charge in [0.15, 0.2) is 0 Å². The summed E-state index contributed by atoms with van der Waals surface area (Å²) in [6.45, 7) is 0. The minimum absolute atomic E-state index is 0.922. The molecule has 2 heteroatoms. The average Bonchev–Trinajstić information content (AvgIpc) is 3.61. The molecule has 10 aromatic rings. The van der Waals surface area contributed by atoms with E-state index in [4.69, 9.17) is 4.42 Å². The van der Waals surface area contributed by atoms with Crippen LogP contribution in [0.15, 0.2) is 205 Å². The van der Waals surface area contributed by atoms with Gasteiger partial charge in [0.05, 0.1) is 5.69 Å². The number of para-hydroxylation sites is 2. The van der Waals surface area contributed by atoms with Gasteiger partial charge in [0.25, 0.3) is 0 Å². The molecular formula is C50H33NO. The molecule has 0 saturated carbocycles. The summed E-state index contributed by atoms with van der Waals surface area (Å²) < 4.78 is 6.17. The van der Waals surface area contributed by atoms with E-state index in [2.05, 4.69) is 193 Å².